The van der Waals surface area contributed by atoms with Gasteiger partial charge in [0.2, 0.25) is 0 Å². The molecule has 0 spiro atoms. The molecule has 1 nitrogen and oxygen atoms in total. The van der Waals surface area contributed by atoms with Gasteiger partial charge in [-0.15, -0.1) is 11.3 Å². The Kier molecular flexibility index (Phi) is 4.30. The van der Waals surface area contributed by atoms with Crippen molar-refractivity contribution in [3.8, 4) is 0 Å². The Labute approximate surface area is 120 Å². The molecule has 5 heteroatoms. The van der Waals surface area contributed by atoms with Crippen molar-refractivity contribution in [3.63, 3.8) is 0 Å². The summed E-state index contributed by atoms with van der Waals surface area (Å²) >= 11 is 14.4. The minimum Gasteiger partial charge on any atom is -0.380 e. The third kappa shape index (κ3) is 3.23. The highest BCUT2D eigenvalue weighted by molar-refractivity contribution is 9.10. The van der Waals surface area contributed by atoms with Crippen LogP contribution in [0.15, 0.2) is 39.3 Å². The fourth-order valence-electron chi connectivity index (χ4n) is 1.27. The molecule has 0 radical (unpaired) electrons. The second-order valence-corrected chi connectivity index (χ2v) is 6.71. The van der Waals surface area contributed by atoms with Crippen LogP contribution in [-0.4, -0.2) is 0 Å². The lowest BCUT2D eigenvalue weighted by Gasteiger charge is -2.04. The van der Waals surface area contributed by atoms with Crippen LogP contribution >= 0.6 is 54.8 Å². The van der Waals surface area contributed by atoms with Crippen molar-refractivity contribution in [2.45, 2.75) is 6.54 Å². The molecule has 0 amide bonds. The molecule has 0 bridgehead atoms. The monoisotopic (exact) mass is 379 g/mol. The Bertz CT molecular complexity index is 479. The van der Waals surface area contributed by atoms with Crippen molar-refractivity contribution in [2.75, 3.05) is 5.32 Å². The Hall–Kier alpha value is -0.0300. The van der Waals surface area contributed by atoms with Crippen LogP contribution in [0.1, 0.15) is 4.88 Å². The van der Waals surface area contributed by atoms with Crippen LogP contribution in [0.2, 0.25) is 4.34 Å². The maximum absolute atomic E-state index is 5.97. The summed E-state index contributed by atoms with van der Waals surface area (Å²) in [5.41, 5.74) is 1.09. The summed E-state index contributed by atoms with van der Waals surface area (Å²) in [6.07, 6.45) is 0. The number of rotatable bonds is 3. The molecule has 0 unspecified atom stereocenters. The van der Waals surface area contributed by atoms with Crippen molar-refractivity contribution in [1.29, 1.82) is 0 Å². The van der Waals surface area contributed by atoms with Crippen molar-refractivity contribution in [1.82, 2.24) is 0 Å². The second kappa shape index (κ2) is 5.54. The molecule has 84 valence electrons. The molecule has 0 saturated heterocycles. The molecule has 0 aliphatic rings. The predicted molar refractivity (Wildman–Crippen MR) is 78.5 cm³/mol. The van der Waals surface area contributed by atoms with E-state index in [4.69, 9.17) is 11.6 Å². The van der Waals surface area contributed by atoms with Crippen molar-refractivity contribution in [3.05, 3.63) is 48.5 Å². The third-order valence-corrected chi connectivity index (χ3v) is 4.96. The molecule has 2 aromatic rings. The van der Waals surface area contributed by atoms with Crippen LogP contribution in [0.4, 0.5) is 5.69 Å². The van der Waals surface area contributed by atoms with E-state index in [9.17, 15) is 0 Å². The zero-order valence-corrected chi connectivity index (χ0v) is 12.9. The molecule has 0 fully saturated rings. The van der Waals surface area contributed by atoms with Crippen LogP contribution in [0.25, 0.3) is 0 Å². The first-order chi connectivity index (χ1) is 7.65. The van der Waals surface area contributed by atoms with Crippen LogP contribution in [0, 0.1) is 0 Å². The zero-order valence-electron chi connectivity index (χ0n) is 8.14. The average molecular weight is 382 g/mol. The van der Waals surface area contributed by atoms with Gasteiger partial charge in [0, 0.05) is 26.1 Å². The van der Waals surface area contributed by atoms with Crippen molar-refractivity contribution < 1.29 is 0 Å². The lowest BCUT2D eigenvalue weighted by Crippen LogP contribution is -1.96. The van der Waals surface area contributed by atoms with E-state index in [1.54, 1.807) is 11.3 Å². The SMILES string of the molecule is Clc1sc(CNc2cccc(Br)c2)cc1Br. The van der Waals surface area contributed by atoms with E-state index >= 15 is 0 Å². The standard InChI is InChI=1S/C11H8Br2ClNS/c12-7-2-1-3-8(4-7)15-6-9-5-10(13)11(14)16-9/h1-5,15H,6H2. The summed E-state index contributed by atoms with van der Waals surface area (Å²) < 4.78 is 2.83. The normalized spacial score (nSPS) is 10.4. The molecule has 0 aliphatic heterocycles. The van der Waals surface area contributed by atoms with Gasteiger partial charge in [-0.3, -0.25) is 0 Å². The van der Waals surface area contributed by atoms with E-state index in [1.807, 2.05) is 30.3 Å². The first kappa shape index (κ1) is 12.4. The van der Waals surface area contributed by atoms with Crippen LogP contribution in [-0.2, 0) is 6.54 Å². The van der Waals surface area contributed by atoms with Crippen molar-refractivity contribution in [2.24, 2.45) is 0 Å². The van der Waals surface area contributed by atoms with E-state index < -0.39 is 0 Å². The second-order valence-electron chi connectivity index (χ2n) is 3.20. The maximum Gasteiger partial charge on any atom is 0.107 e. The van der Waals surface area contributed by atoms with Crippen molar-refractivity contribution >= 4 is 60.5 Å². The minimum absolute atomic E-state index is 0.784. The van der Waals surface area contributed by atoms with E-state index in [-0.39, 0.29) is 0 Å². The Morgan fingerprint density at radius 1 is 1.25 bits per heavy atom. The van der Waals surface area contributed by atoms with Gasteiger partial charge in [-0.1, -0.05) is 33.6 Å². The van der Waals surface area contributed by atoms with Gasteiger partial charge in [-0.2, -0.15) is 0 Å². The molecule has 1 aromatic heterocycles. The molecular weight excluding hydrogens is 373 g/mol. The Morgan fingerprint density at radius 2 is 2.06 bits per heavy atom. The van der Waals surface area contributed by atoms with Crippen LogP contribution < -0.4 is 5.32 Å². The Balaban J connectivity index is 2.02. The zero-order chi connectivity index (χ0) is 11.5. The van der Waals surface area contributed by atoms with Gasteiger partial charge in [0.05, 0.1) is 0 Å². The summed E-state index contributed by atoms with van der Waals surface area (Å²) in [6, 6.07) is 10.1. The molecule has 0 saturated carbocycles. The van der Waals surface area contributed by atoms with Gasteiger partial charge in [0.1, 0.15) is 4.34 Å². The first-order valence-electron chi connectivity index (χ1n) is 4.58. The topological polar surface area (TPSA) is 12.0 Å². The number of halogens is 3. The number of benzene rings is 1. The van der Waals surface area contributed by atoms with Crippen LogP contribution in [0.5, 0.6) is 0 Å². The molecule has 1 aromatic carbocycles. The highest BCUT2D eigenvalue weighted by Gasteiger charge is 2.04. The fraction of sp³-hybridized carbons (Fsp3) is 0.0909. The summed E-state index contributed by atoms with van der Waals surface area (Å²) in [5.74, 6) is 0. The molecule has 16 heavy (non-hydrogen) atoms. The lowest BCUT2D eigenvalue weighted by molar-refractivity contribution is 1.19. The predicted octanol–water partition coefficient (Wildman–Crippen LogP) is 5.54. The summed E-state index contributed by atoms with van der Waals surface area (Å²) in [6.45, 7) is 0.784. The van der Waals surface area contributed by atoms with E-state index in [1.165, 1.54) is 4.88 Å². The number of thiophene rings is 1. The number of hydrogen-bond donors (Lipinski definition) is 1. The largest absolute Gasteiger partial charge is 0.380 e. The van der Waals surface area contributed by atoms with Gasteiger partial charge >= 0.3 is 0 Å². The van der Waals surface area contributed by atoms with Gasteiger partial charge in [-0.25, -0.2) is 0 Å². The van der Waals surface area contributed by atoms with Crippen LogP contribution in [0.3, 0.4) is 0 Å². The molecule has 0 aliphatic carbocycles. The first-order valence-corrected chi connectivity index (χ1v) is 7.36. The quantitative estimate of drug-likeness (QED) is 0.736. The molecule has 0 atom stereocenters. The molecular formula is C11H8Br2ClNS. The fourth-order valence-corrected chi connectivity index (χ4v) is 3.40. The molecule has 1 heterocycles. The molecule has 2 rings (SSSR count). The average Bonchev–Trinajstić information content (AvgIpc) is 2.56. The minimum atomic E-state index is 0.784. The van der Waals surface area contributed by atoms with E-state index in [0.29, 0.717) is 0 Å². The highest BCUT2D eigenvalue weighted by atomic mass is 79.9. The number of hydrogen-bond acceptors (Lipinski definition) is 2. The summed E-state index contributed by atoms with van der Waals surface area (Å²) in [7, 11) is 0. The van der Waals surface area contributed by atoms with Gasteiger partial charge in [0.15, 0.2) is 0 Å². The molecule has 1 N–H and O–H groups in total. The maximum atomic E-state index is 5.97. The lowest BCUT2D eigenvalue weighted by atomic mass is 10.3. The Morgan fingerprint density at radius 3 is 2.69 bits per heavy atom. The smallest absolute Gasteiger partial charge is 0.107 e. The highest BCUT2D eigenvalue weighted by Crippen LogP contribution is 2.32. The van der Waals surface area contributed by atoms with Gasteiger partial charge in [0.25, 0.3) is 0 Å². The van der Waals surface area contributed by atoms with Gasteiger partial charge < -0.3 is 5.32 Å². The van der Waals surface area contributed by atoms with Gasteiger partial charge in [-0.05, 0) is 40.2 Å². The number of nitrogens with one attached hydrogen (secondary N) is 1. The van der Waals surface area contributed by atoms with E-state index in [2.05, 4.69) is 37.2 Å². The summed E-state index contributed by atoms with van der Waals surface area (Å²) in [5, 5.41) is 3.34. The summed E-state index contributed by atoms with van der Waals surface area (Å²) in [4.78, 5) is 1.21. The number of anilines is 1. The van der Waals surface area contributed by atoms with E-state index in [0.717, 1.165) is 25.5 Å². The third-order valence-electron chi connectivity index (χ3n) is 1.99.